The van der Waals surface area contributed by atoms with E-state index in [2.05, 4.69) is 0 Å². The summed E-state index contributed by atoms with van der Waals surface area (Å²) >= 11 is 1.56. The maximum absolute atomic E-state index is 12.4. The van der Waals surface area contributed by atoms with Crippen molar-refractivity contribution in [2.75, 3.05) is 37.5 Å². The first-order valence-electron chi connectivity index (χ1n) is 6.82. The van der Waals surface area contributed by atoms with Gasteiger partial charge in [-0.3, -0.25) is 14.5 Å². The predicted molar refractivity (Wildman–Crippen MR) is 83.0 cm³/mol. The summed E-state index contributed by atoms with van der Waals surface area (Å²) in [6.07, 6.45) is 1.18. The molecule has 6 nitrogen and oxygen atoms in total. The zero-order valence-corrected chi connectivity index (χ0v) is 14.6. The Kier molecular flexibility index (Phi) is 6.24. The van der Waals surface area contributed by atoms with Crippen molar-refractivity contribution in [2.45, 2.75) is 26.1 Å². The van der Waals surface area contributed by atoms with Crippen molar-refractivity contribution in [3.8, 4) is 0 Å². The average Bonchev–Trinajstić information content (AvgIpc) is 2.38. The number of Topliss-reactive ketones (excluding diaryl/α,β-unsaturated/α-hetero) is 1. The second-order valence-corrected chi connectivity index (χ2v) is 8.95. The summed E-state index contributed by atoms with van der Waals surface area (Å²) in [4.78, 5) is 25.9. The zero-order valence-electron chi connectivity index (χ0n) is 12.9. The average molecular weight is 337 g/mol. The third kappa shape index (κ3) is 4.69. The Labute approximate surface area is 130 Å². The van der Waals surface area contributed by atoms with Crippen molar-refractivity contribution in [1.29, 1.82) is 0 Å². The van der Waals surface area contributed by atoms with Crippen molar-refractivity contribution in [2.24, 2.45) is 5.41 Å². The summed E-state index contributed by atoms with van der Waals surface area (Å²) in [6, 6.07) is 0. The molecule has 1 aliphatic rings. The van der Waals surface area contributed by atoms with Crippen LogP contribution in [0.5, 0.6) is 0 Å². The van der Waals surface area contributed by atoms with Crippen LogP contribution in [0.25, 0.3) is 0 Å². The third-order valence-corrected chi connectivity index (χ3v) is 6.20. The van der Waals surface area contributed by atoms with Gasteiger partial charge >= 0.3 is 5.97 Å². The number of sulfone groups is 1. The monoisotopic (exact) mass is 337 g/mol. The van der Waals surface area contributed by atoms with Gasteiger partial charge in [-0.1, -0.05) is 0 Å². The fourth-order valence-electron chi connectivity index (χ4n) is 2.00. The molecule has 0 aliphatic carbocycles. The Morgan fingerprint density at radius 2 is 2.00 bits per heavy atom. The number of ether oxygens (including phenoxy) is 1. The third-order valence-electron chi connectivity index (χ3n) is 3.51. The van der Waals surface area contributed by atoms with Gasteiger partial charge in [-0.15, -0.1) is 0 Å². The quantitative estimate of drug-likeness (QED) is 0.517. The molecule has 1 heterocycles. The second-order valence-electron chi connectivity index (χ2n) is 5.60. The van der Waals surface area contributed by atoms with Crippen molar-refractivity contribution < 1.29 is 22.7 Å². The van der Waals surface area contributed by atoms with Crippen LogP contribution in [0.2, 0.25) is 0 Å². The lowest BCUT2D eigenvalue weighted by molar-refractivity contribution is -0.158. The maximum atomic E-state index is 12.4. The van der Waals surface area contributed by atoms with E-state index < -0.39 is 26.6 Å². The second kappa shape index (κ2) is 7.11. The summed E-state index contributed by atoms with van der Waals surface area (Å²) < 4.78 is 28.5. The van der Waals surface area contributed by atoms with Gasteiger partial charge in [0.25, 0.3) is 0 Å². The van der Waals surface area contributed by atoms with E-state index in [4.69, 9.17) is 4.74 Å². The van der Waals surface area contributed by atoms with E-state index in [0.29, 0.717) is 12.3 Å². The van der Waals surface area contributed by atoms with Gasteiger partial charge in [0.2, 0.25) is 0 Å². The molecule has 0 N–H and O–H groups in total. The molecule has 1 unspecified atom stereocenters. The highest BCUT2D eigenvalue weighted by molar-refractivity contribution is 8.00. The number of hydrogen-bond acceptors (Lipinski definition) is 7. The molecule has 0 radical (unpaired) electrons. The lowest BCUT2D eigenvalue weighted by Crippen LogP contribution is -2.51. The summed E-state index contributed by atoms with van der Waals surface area (Å²) in [5.74, 6) is 0.337. The van der Waals surface area contributed by atoms with E-state index in [1.807, 2.05) is 0 Å². The smallest absolute Gasteiger partial charge is 0.319 e. The molecule has 1 atom stereocenters. The van der Waals surface area contributed by atoms with Crippen molar-refractivity contribution >= 4 is 33.4 Å². The molecule has 0 saturated carbocycles. The highest BCUT2D eigenvalue weighted by Crippen LogP contribution is 2.24. The molecule has 0 spiro atoms. The van der Waals surface area contributed by atoms with Crippen LogP contribution in [0.3, 0.4) is 0 Å². The van der Waals surface area contributed by atoms with Crippen LogP contribution in [-0.2, 0) is 24.2 Å². The number of carbonyl (C=O) groups is 2. The zero-order chi connectivity index (χ0) is 16.3. The normalized spacial score (nSPS) is 21.0. The van der Waals surface area contributed by atoms with Crippen molar-refractivity contribution in [3.05, 3.63) is 0 Å². The van der Waals surface area contributed by atoms with Crippen LogP contribution in [-0.4, -0.2) is 67.9 Å². The molecule has 0 aromatic heterocycles. The largest absolute Gasteiger partial charge is 0.465 e. The number of esters is 1. The van der Waals surface area contributed by atoms with E-state index >= 15 is 0 Å². The molecule has 21 heavy (non-hydrogen) atoms. The van der Waals surface area contributed by atoms with Crippen molar-refractivity contribution in [3.63, 3.8) is 0 Å². The first-order chi connectivity index (χ1) is 9.60. The topological polar surface area (TPSA) is 80.8 Å². The summed E-state index contributed by atoms with van der Waals surface area (Å²) in [6.45, 7) is 5.39. The highest BCUT2D eigenvalue weighted by Gasteiger charge is 2.40. The maximum Gasteiger partial charge on any atom is 0.319 e. The van der Waals surface area contributed by atoms with Gasteiger partial charge in [0.1, 0.15) is 10.8 Å². The van der Waals surface area contributed by atoms with Crippen LogP contribution < -0.4 is 0 Å². The van der Waals surface area contributed by atoms with E-state index in [9.17, 15) is 18.0 Å². The van der Waals surface area contributed by atoms with Crippen LogP contribution in [0.1, 0.15) is 20.8 Å². The highest BCUT2D eigenvalue weighted by atomic mass is 32.2. The van der Waals surface area contributed by atoms with E-state index in [1.165, 1.54) is 20.1 Å². The van der Waals surface area contributed by atoms with E-state index in [1.54, 1.807) is 23.6 Å². The van der Waals surface area contributed by atoms with Gasteiger partial charge in [0, 0.05) is 24.3 Å². The van der Waals surface area contributed by atoms with Crippen LogP contribution in [0, 0.1) is 5.41 Å². The minimum absolute atomic E-state index is 0.0515. The number of nitrogens with zero attached hydrogens (tertiary/aromatic N) is 1. The number of rotatable bonds is 6. The van der Waals surface area contributed by atoms with Crippen LogP contribution >= 0.6 is 11.8 Å². The Hall–Kier alpha value is -0.600. The number of thioether (sulfide) groups is 1. The molecule has 0 amide bonds. The lowest BCUT2D eigenvalue weighted by Gasteiger charge is -2.35. The van der Waals surface area contributed by atoms with E-state index in [0.717, 1.165) is 5.75 Å². The number of carbonyl (C=O) groups excluding carboxylic acids is 2. The SMILES string of the molecule is CCOC(=O)C(C)(C)C(=O)CN1CCSCC1S(C)(=O)=O. The fraction of sp³-hybridized carbons (Fsp3) is 0.846. The van der Waals surface area contributed by atoms with Crippen LogP contribution in [0.15, 0.2) is 0 Å². The standard InChI is InChI=1S/C13H23NO5S2/c1-5-19-12(16)13(2,3)10(15)8-14-6-7-20-9-11(14)21(4,17)18/h11H,5-9H2,1-4H3. The molecule has 1 aliphatic heterocycles. The lowest BCUT2D eigenvalue weighted by atomic mass is 9.88. The van der Waals surface area contributed by atoms with Gasteiger partial charge < -0.3 is 4.74 Å². The van der Waals surface area contributed by atoms with Crippen molar-refractivity contribution in [1.82, 2.24) is 4.90 Å². The Bertz CT molecular complexity index is 501. The molecule has 1 saturated heterocycles. The molecule has 0 aromatic rings. The molecule has 0 aromatic carbocycles. The predicted octanol–water partition coefficient (Wildman–Crippen LogP) is 0.564. The van der Waals surface area contributed by atoms with Gasteiger partial charge in [0.05, 0.1) is 13.2 Å². The molecular weight excluding hydrogens is 314 g/mol. The summed E-state index contributed by atoms with van der Waals surface area (Å²) in [5.41, 5.74) is -1.26. The Balaban J connectivity index is 2.82. The number of hydrogen-bond donors (Lipinski definition) is 0. The minimum Gasteiger partial charge on any atom is -0.465 e. The molecular formula is C13H23NO5S2. The molecule has 0 bridgehead atoms. The Morgan fingerprint density at radius 1 is 1.38 bits per heavy atom. The summed E-state index contributed by atoms with van der Waals surface area (Å²) in [7, 11) is -3.26. The summed E-state index contributed by atoms with van der Waals surface area (Å²) in [5, 5.41) is -0.668. The minimum atomic E-state index is -3.26. The molecule has 1 rings (SSSR count). The Morgan fingerprint density at radius 3 is 2.52 bits per heavy atom. The van der Waals surface area contributed by atoms with Crippen LogP contribution in [0.4, 0.5) is 0 Å². The number of ketones is 1. The van der Waals surface area contributed by atoms with E-state index in [-0.39, 0.29) is 18.9 Å². The van der Waals surface area contributed by atoms with Gasteiger partial charge in [-0.25, -0.2) is 8.42 Å². The first kappa shape index (κ1) is 18.4. The molecule has 1 fully saturated rings. The van der Waals surface area contributed by atoms with Gasteiger partial charge in [-0.2, -0.15) is 11.8 Å². The molecule has 122 valence electrons. The van der Waals surface area contributed by atoms with Gasteiger partial charge in [-0.05, 0) is 20.8 Å². The first-order valence-corrected chi connectivity index (χ1v) is 9.92. The van der Waals surface area contributed by atoms with Gasteiger partial charge in [0.15, 0.2) is 15.6 Å². The fourth-order valence-corrected chi connectivity index (χ4v) is 4.94. The molecule has 8 heteroatoms.